The Labute approximate surface area is 166 Å². The Morgan fingerprint density at radius 3 is 2.18 bits per heavy atom. The summed E-state index contributed by atoms with van der Waals surface area (Å²) in [5, 5.41) is 8.39. The Kier molecular flexibility index (Phi) is 7.42. The number of benzene rings is 1. The summed E-state index contributed by atoms with van der Waals surface area (Å²) in [4.78, 5) is 38.3. The van der Waals surface area contributed by atoms with E-state index in [0.29, 0.717) is 5.56 Å². The third kappa shape index (κ3) is 6.34. The predicted molar refractivity (Wildman–Crippen MR) is 107 cm³/mol. The molecule has 0 spiro atoms. The lowest BCUT2D eigenvalue weighted by Crippen LogP contribution is -2.50. The van der Waals surface area contributed by atoms with Gasteiger partial charge in [0.15, 0.2) is 0 Å². The molecule has 152 valence electrons. The summed E-state index contributed by atoms with van der Waals surface area (Å²) in [6, 6.07) is 9.09. The van der Waals surface area contributed by atoms with Crippen molar-refractivity contribution < 1.29 is 14.4 Å². The standard InChI is InChI=1S/C21H30N4O3/c26-19(24-21(28)23-17-9-5-2-6-10-17)15-25-13-11-18(12-14-25)22-20(27)16-7-3-1-4-8-16/h1,3-4,7-8,17-18H,2,5-6,9-15H2,(H,22,27)(H2,23,24,26,28). The van der Waals surface area contributed by atoms with E-state index in [1.807, 2.05) is 23.1 Å². The van der Waals surface area contributed by atoms with Crippen molar-refractivity contribution in [2.75, 3.05) is 19.6 Å². The van der Waals surface area contributed by atoms with Crippen LogP contribution in [0.5, 0.6) is 0 Å². The van der Waals surface area contributed by atoms with E-state index in [-0.39, 0.29) is 36.5 Å². The Hall–Kier alpha value is -2.41. The van der Waals surface area contributed by atoms with Crippen LogP contribution in [0.2, 0.25) is 0 Å². The zero-order valence-electron chi connectivity index (χ0n) is 16.3. The van der Waals surface area contributed by atoms with Gasteiger partial charge in [0, 0.05) is 30.7 Å². The molecule has 28 heavy (non-hydrogen) atoms. The average molecular weight is 386 g/mol. The van der Waals surface area contributed by atoms with Gasteiger partial charge in [-0.25, -0.2) is 4.79 Å². The molecule has 1 saturated carbocycles. The number of hydrogen-bond acceptors (Lipinski definition) is 4. The normalized spacial score (nSPS) is 19.0. The van der Waals surface area contributed by atoms with Crippen molar-refractivity contribution in [2.24, 2.45) is 0 Å². The third-order valence-corrected chi connectivity index (χ3v) is 5.52. The maximum Gasteiger partial charge on any atom is 0.321 e. The lowest BCUT2D eigenvalue weighted by molar-refractivity contribution is -0.121. The Balaban J connectivity index is 1.34. The number of nitrogens with zero attached hydrogens (tertiary/aromatic N) is 1. The molecule has 1 aromatic carbocycles. The monoisotopic (exact) mass is 386 g/mol. The lowest BCUT2D eigenvalue weighted by Gasteiger charge is -2.31. The molecule has 1 heterocycles. The van der Waals surface area contributed by atoms with Crippen LogP contribution < -0.4 is 16.0 Å². The largest absolute Gasteiger partial charge is 0.349 e. The van der Waals surface area contributed by atoms with Crippen LogP contribution in [0.3, 0.4) is 0 Å². The van der Waals surface area contributed by atoms with Gasteiger partial charge in [-0.3, -0.25) is 19.8 Å². The number of carbonyl (C=O) groups is 3. The first-order chi connectivity index (χ1) is 13.6. The average Bonchev–Trinajstić information content (AvgIpc) is 2.70. The van der Waals surface area contributed by atoms with E-state index in [4.69, 9.17) is 0 Å². The summed E-state index contributed by atoms with van der Waals surface area (Å²) in [5.74, 6) is -0.337. The number of carbonyl (C=O) groups excluding carboxylic acids is 3. The fourth-order valence-electron chi connectivity index (χ4n) is 3.93. The molecule has 3 N–H and O–H groups in total. The van der Waals surface area contributed by atoms with Gasteiger partial charge in [0.05, 0.1) is 6.54 Å². The van der Waals surface area contributed by atoms with E-state index in [2.05, 4.69) is 16.0 Å². The highest BCUT2D eigenvalue weighted by Gasteiger charge is 2.23. The smallest absolute Gasteiger partial charge is 0.321 e. The maximum absolute atomic E-state index is 12.2. The van der Waals surface area contributed by atoms with Crippen LogP contribution in [0.25, 0.3) is 0 Å². The van der Waals surface area contributed by atoms with E-state index in [9.17, 15) is 14.4 Å². The quantitative estimate of drug-likeness (QED) is 0.722. The van der Waals surface area contributed by atoms with Crippen LogP contribution in [-0.4, -0.2) is 54.5 Å². The summed E-state index contributed by atoms with van der Waals surface area (Å²) in [6.45, 7) is 1.65. The molecule has 2 fully saturated rings. The second kappa shape index (κ2) is 10.2. The van der Waals surface area contributed by atoms with Gasteiger partial charge in [-0.1, -0.05) is 37.5 Å². The molecule has 4 amide bonds. The van der Waals surface area contributed by atoms with Crippen LogP contribution in [0.4, 0.5) is 4.79 Å². The second-order valence-corrected chi connectivity index (χ2v) is 7.75. The van der Waals surface area contributed by atoms with Crippen molar-refractivity contribution in [3.05, 3.63) is 35.9 Å². The number of amides is 4. The number of nitrogens with one attached hydrogen (secondary N) is 3. The van der Waals surface area contributed by atoms with Crippen LogP contribution in [0.15, 0.2) is 30.3 Å². The van der Waals surface area contributed by atoms with Crippen molar-refractivity contribution in [1.82, 2.24) is 20.9 Å². The van der Waals surface area contributed by atoms with Gasteiger partial charge < -0.3 is 10.6 Å². The summed E-state index contributed by atoms with van der Waals surface area (Å²) in [7, 11) is 0. The van der Waals surface area contributed by atoms with Gasteiger partial charge in [-0.2, -0.15) is 0 Å². The van der Waals surface area contributed by atoms with Crippen LogP contribution >= 0.6 is 0 Å². The number of hydrogen-bond donors (Lipinski definition) is 3. The predicted octanol–water partition coefficient (Wildman–Crippen LogP) is 2.04. The molecule has 7 nitrogen and oxygen atoms in total. The number of likely N-dealkylation sites (tertiary alicyclic amines) is 1. The van der Waals surface area contributed by atoms with Gasteiger partial charge >= 0.3 is 6.03 Å². The Morgan fingerprint density at radius 1 is 0.857 bits per heavy atom. The molecule has 7 heteroatoms. The second-order valence-electron chi connectivity index (χ2n) is 7.75. The van der Waals surface area contributed by atoms with Crippen molar-refractivity contribution in [2.45, 2.75) is 57.0 Å². The van der Waals surface area contributed by atoms with Crippen molar-refractivity contribution in [3.8, 4) is 0 Å². The molecular formula is C21H30N4O3. The van der Waals surface area contributed by atoms with Gasteiger partial charge in [-0.05, 0) is 37.8 Å². The van der Waals surface area contributed by atoms with Gasteiger partial charge in [0.25, 0.3) is 5.91 Å². The number of imide groups is 1. The van der Waals surface area contributed by atoms with E-state index in [0.717, 1.165) is 51.6 Å². The minimum absolute atomic E-state index is 0.0591. The zero-order chi connectivity index (χ0) is 19.8. The highest BCUT2D eigenvalue weighted by Crippen LogP contribution is 2.17. The Bertz CT molecular complexity index is 665. The van der Waals surface area contributed by atoms with Crippen molar-refractivity contribution in [3.63, 3.8) is 0 Å². The minimum Gasteiger partial charge on any atom is -0.349 e. The van der Waals surface area contributed by atoms with E-state index in [1.54, 1.807) is 12.1 Å². The topological polar surface area (TPSA) is 90.5 Å². The SMILES string of the molecule is O=C(CN1CCC(NC(=O)c2ccccc2)CC1)NC(=O)NC1CCCCC1. The molecule has 0 atom stereocenters. The number of piperidine rings is 1. The first-order valence-corrected chi connectivity index (χ1v) is 10.3. The first kappa shape index (κ1) is 20.3. The third-order valence-electron chi connectivity index (χ3n) is 5.52. The molecular weight excluding hydrogens is 356 g/mol. The molecule has 2 aliphatic rings. The van der Waals surface area contributed by atoms with Crippen LogP contribution in [-0.2, 0) is 4.79 Å². The molecule has 1 aliphatic heterocycles. The summed E-state index contributed by atoms with van der Waals surface area (Å²) in [5.41, 5.74) is 0.660. The number of urea groups is 1. The van der Waals surface area contributed by atoms with E-state index < -0.39 is 0 Å². The van der Waals surface area contributed by atoms with Crippen LogP contribution in [0.1, 0.15) is 55.3 Å². The molecule has 0 aromatic heterocycles. The lowest BCUT2D eigenvalue weighted by atomic mass is 9.96. The molecule has 1 saturated heterocycles. The molecule has 0 radical (unpaired) electrons. The van der Waals surface area contributed by atoms with Crippen molar-refractivity contribution >= 4 is 17.8 Å². The van der Waals surface area contributed by atoms with Crippen LogP contribution in [0, 0.1) is 0 Å². The molecule has 0 bridgehead atoms. The van der Waals surface area contributed by atoms with Gasteiger partial charge in [0.2, 0.25) is 5.91 Å². The summed E-state index contributed by atoms with van der Waals surface area (Å²) in [6.07, 6.45) is 7.05. The van der Waals surface area contributed by atoms with E-state index in [1.165, 1.54) is 6.42 Å². The zero-order valence-corrected chi connectivity index (χ0v) is 16.3. The maximum atomic E-state index is 12.2. The minimum atomic E-state index is -0.387. The highest BCUT2D eigenvalue weighted by molar-refractivity contribution is 5.95. The highest BCUT2D eigenvalue weighted by atomic mass is 16.2. The summed E-state index contributed by atoms with van der Waals surface area (Å²) < 4.78 is 0. The molecule has 3 rings (SSSR count). The fraction of sp³-hybridized carbons (Fsp3) is 0.571. The van der Waals surface area contributed by atoms with Gasteiger partial charge in [-0.15, -0.1) is 0 Å². The van der Waals surface area contributed by atoms with Crippen molar-refractivity contribution in [1.29, 1.82) is 0 Å². The molecule has 0 unspecified atom stereocenters. The summed E-state index contributed by atoms with van der Waals surface area (Å²) >= 11 is 0. The molecule has 1 aliphatic carbocycles. The first-order valence-electron chi connectivity index (χ1n) is 10.3. The molecule has 1 aromatic rings. The number of rotatable bonds is 5. The fourth-order valence-corrected chi connectivity index (χ4v) is 3.93. The van der Waals surface area contributed by atoms with E-state index >= 15 is 0 Å². The Morgan fingerprint density at radius 2 is 1.50 bits per heavy atom. The van der Waals surface area contributed by atoms with Gasteiger partial charge in [0.1, 0.15) is 0 Å².